The van der Waals surface area contributed by atoms with Crippen LogP contribution < -0.4 is 15.1 Å². The molecular weight excluding hydrogens is 482 g/mol. The van der Waals surface area contributed by atoms with Crippen LogP contribution in [-0.4, -0.2) is 63.0 Å². The number of amides is 1. The van der Waals surface area contributed by atoms with Crippen LogP contribution in [0, 0.1) is 0 Å². The maximum absolute atomic E-state index is 13.2. The van der Waals surface area contributed by atoms with Crippen LogP contribution in [0.2, 0.25) is 0 Å². The number of rotatable bonds is 5. The van der Waals surface area contributed by atoms with Crippen LogP contribution in [0.1, 0.15) is 42.6 Å². The van der Waals surface area contributed by atoms with Gasteiger partial charge in [0.15, 0.2) is 5.69 Å². The second kappa shape index (κ2) is 10.1. The molecule has 2 saturated heterocycles. The number of fused-ring (bicyclic) bond motifs is 1. The molecule has 2 fully saturated rings. The Kier molecular flexibility index (Phi) is 6.36. The average molecular weight is 512 g/mol. The van der Waals surface area contributed by atoms with E-state index in [4.69, 9.17) is 0 Å². The van der Waals surface area contributed by atoms with E-state index >= 15 is 0 Å². The van der Waals surface area contributed by atoms with E-state index in [0.29, 0.717) is 16.6 Å². The van der Waals surface area contributed by atoms with Crippen LogP contribution in [0.5, 0.6) is 0 Å². The summed E-state index contributed by atoms with van der Waals surface area (Å²) in [5, 5.41) is 17.3. The van der Waals surface area contributed by atoms with Gasteiger partial charge in [-0.2, -0.15) is 9.78 Å². The van der Waals surface area contributed by atoms with Gasteiger partial charge in [0.25, 0.3) is 0 Å². The molecule has 0 saturated carbocycles. The van der Waals surface area contributed by atoms with Crippen molar-refractivity contribution in [2.45, 2.75) is 32.1 Å². The number of benzene rings is 1. The van der Waals surface area contributed by atoms with Gasteiger partial charge in [0, 0.05) is 61.3 Å². The summed E-state index contributed by atoms with van der Waals surface area (Å²) >= 11 is 0. The number of piperidine rings is 1. The van der Waals surface area contributed by atoms with Crippen LogP contribution in [-0.2, 0) is 0 Å². The standard InChI is InChI=1S/C28H29N7O3/c36-27(37)26-23-15-19(20-14-22(18-29-17-20)33-10-2-1-3-11-33)6-7-24(23)35(32-26)28(38)31-21-8-9-30-25(16-21)34-12-4-5-13-34/h6-9,14-18H,1-5,10-13H2,(H,36,37)(H,30,31,38). The molecule has 0 radical (unpaired) electrons. The molecule has 5 heterocycles. The fourth-order valence-electron chi connectivity index (χ4n) is 5.31. The first-order valence-corrected chi connectivity index (χ1v) is 13.1. The zero-order valence-corrected chi connectivity index (χ0v) is 21.0. The third-order valence-corrected chi connectivity index (χ3v) is 7.28. The third-order valence-electron chi connectivity index (χ3n) is 7.28. The van der Waals surface area contributed by atoms with Crippen molar-refractivity contribution in [2.24, 2.45) is 0 Å². The van der Waals surface area contributed by atoms with E-state index in [0.717, 1.165) is 66.3 Å². The number of nitrogens with one attached hydrogen (secondary N) is 1. The summed E-state index contributed by atoms with van der Waals surface area (Å²) < 4.78 is 1.11. The summed E-state index contributed by atoms with van der Waals surface area (Å²) in [4.78, 5) is 38.7. The van der Waals surface area contributed by atoms with Gasteiger partial charge in [0.05, 0.1) is 17.4 Å². The lowest BCUT2D eigenvalue weighted by molar-refractivity contribution is 0.0692. The quantitative estimate of drug-likeness (QED) is 0.390. The Bertz CT molecular complexity index is 1500. The molecule has 1 amide bonds. The van der Waals surface area contributed by atoms with Crippen LogP contribution in [0.15, 0.2) is 55.0 Å². The average Bonchev–Trinajstić information content (AvgIpc) is 3.62. The number of nitrogens with zero attached hydrogens (tertiary/aromatic N) is 6. The Labute approximate surface area is 219 Å². The zero-order chi connectivity index (χ0) is 26.1. The van der Waals surface area contributed by atoms with Gasteiger partial charge in [-0.25, -0.2) is 14.6 Å². The second-order valence-corrected chi connectivity index (χ2v) is 9.80. The molecule has 0 atom stereocenters. The van der Waals surface area contributed by atoms with Gasteiger partial charge in [-0.15, -0.1) is 0 Å². The van der Waals surface area contributed by atoms with Gasteiger partial charge in [0.2, 0.25) is 0 Å². The molecule has 10 heteroatoms. The minimum Gasteiger partial charge on any atom is -0.476 e. The molecule has 4 aromatic rings. The summed E-state index contributed by atoms with van der Waals surface area (Å²) in [6.45, 7) is 3.89. The van der Waals surface area contributed by atoms with Gasteiger partial charge in [-0.1, -0.05) is 6.07 Å². The second-order valence-electron chi connectivity index (χ2n) is 9.80. The summed E-state index contributed by atoms with van der Waals surface area (Å²) in [6.07, 6.45) is 11.1. The number of carboxylic acids is 1. The molecule has 10 nitrogen and oxygen atoms in total. The maximum atomic E-state index is 13.2. The molecule has 6 rings (SSSR count). The first-order chi connectivity index (χ1) is 18.6. The van der Waals surface area contributed by atoms with Crippen molar-refractivity contribution in [3.63, 3.8) is 0 Å². The van der Waals surface area contributed by atoms with Crippen molar-refractivity contribution in [3.05, 3.63) is 60.7 Å². The fraction of sp³-hybridized carbons (Fsp3) is 0.321. The topological polar surface area (TPSA) is 116 Å². The minimum atomic E-state index is -1.20. The number of pyridine rings is 2. The first-order valence-electron chi connectivity index (χ1n) is 13.1. The number of hydrogen-bond donors (Lipinski definition) is 2. The molecule has 3 aromatic heterocycles. The highest BCUT2D eigenvalue weighted by Gasteiger charge is 2.22. The molecule has 0 bridgehead atoms. The zero-order valence-electron chi connectivity index (χ0n) is 21.0. The van der Waals surface area contributed by atoms with E-state index in [9.17, 15) is 14.7 Å². The van der Waals surface area contributed by atoms with Gasteiger partial charge >= 0.3 is 12.0 Å². The molecule has 2 aliphatic heterocycles. The van der Waals surface area contributed by atoms with E-state index in [1.165, 1.54) is 19.3 Å². The largest absolute Gasteiger partial charge is 0.476 e. The molecular formula is C28H29N7O3. The minimum absolute atomic E-state index is 0.176. The predicted molar refractivity (Wildman–Crippen MR) is 146 cm³/mol. The van der Waals surface area contributed by atoms with Gasteiger partial charge < -0.3 is 20.2 Å². The highest BCUT2D eigenvalue weighted by molar-refractivity contribution is 6.06. The number of carbonyl (C=O) groups is 2. The fourth-order valence-corrected chi connectivity index (χ4v) is 5.31. The first kappa shape index (κ1) is 23.9. The van der Waals surface area contributed by atoms with Crippen molar-refractivity contribution in [1.29, 1.82) is 0 Å². The van der Waals surface area contributed by atoms with Crippen molar-refractivity contribution < 1.29 is 14.7 Å². The van der Waals surface area contributed by atoms with Crippen molar-refractivity contribution in [1.82, 2.24) is 19.7 Å². The maximum Gasteiger partial charge on any atom is 0.357 e. The highest BCUT2D eigenvalue weighted by atomic mass is 16.4. The highest BCUT2D eigenvalue weighted by Crippen LogP contribution is 2.30. The van der Waals surface area contributed by atoms with Crippen molar-refractivity contribution in [3.8, 4) is 11.1 Å². The molecule has 194 valence electrons. The van der Waals surface area contributed by atoms with E-state index in [-0.39, 0.29) is 5.69 Å². The number of anilines is 3. The molecule has 0 unspecified atom stereocenters. The van der Waals surface area contributed by atoms with E-state index in [1.54, 1.807) is 30.6 Å². The normalized spacial score (nSPS) is 15.7. The summed E-state index contributed by atoms with van der Waals surface area (Å²) in [5.74, 6) is -0.388. The molecule has 0 spiro atoms. The van der Waals surface area contributed by atoms with Crippen LogP contribution >= 0.6 is 0 Å². The summed E-state index contributed by atoms with van der Waals surface area (Å²) in [7, 11) is 0. The summed E-state index contributed by atoms with van der Waals surface area (Å²) in [6, 6.07) is 10.5. The third kappa shape index (κ3) is 4.65. The Morgan fingerprint density at radius 3 is 2.39 bits per heavy atom. The number of aromatic carboxylic acids is 1. The van der Waals surface area contributed by atoms with Gasteiger partial charge in [-0.3, -0.25) is 4.98 Å². The van der Waals surface area contributed by atoms with Crippen LogP contribution in [0.3, 0.4) is 0 Å². The van der Waals surface area contributed by atoms with Crippen LogP contribution in [0.4, 0.5) is 22.0 Å². The van der Waals surface area contributed by atoms with E-state index in [2.05, 4.69) is 36.2 Å². The Balaban J connectivity index is 1.31. The van der Waals surface area contributed by atoms with Crippen molar-refractivity contribution in [2.75, 3.05) is 41.3 Å². The van der Waals surface area contributed by atoms with E-state index in [1.807, 2.05) is 18.3 Å². The SMILES string of the molecule is O=C(O)c1nn(C(=O)Nc2ccnc(N3CCCC3)c2)c2ccc(-c3cncc(N4CCCCC4)c3)cc12. The number of hydrogen-bond acceptors (Lipinski definition) is 7. The monoisotopic (exact) mass is 511 g/mol. The van der Waals surface area contributed by atoms with Gasteiger partial charge in [0.1, 0.15) is 5.82 Å². The van der Waals surface area contributed by atoms with Gasteiger partial charge in [-0.05, 0) is 61.9 Å². The Morgan fingerprint density at radius 1 is 0.842 bits per heavy atom. The predicted octanol–water partition coefficient (Wildman–Crippen LogP) is 4.86. The lowest BCUT2D eigenvalue weighted by Crippen LogP contribution is -2.29. The number of carboxylic acid groups (broad SMARTS) is 1. The molecule has 2 aliphatic rings. The lowest BCUT2D eigenvalue weighted by atomic mass is 10.0. The Hall–Kier alpha value is -4.47. The lowest BCUT2D eigenvalue weighted by Gasteiger charge is -2.28. The molecule has 0 aliphatic carbocycles. The summed E-state index contributed by atoms with van der Waals surface area (Å²) in [5.41, 5.74) is 3.57. The van der Waals surface area contributed by atoms with Crippen molar-refractivity contribution >= 4 is 40.1 Å². The smallest absolute Gasteiger partial charge is 0.357 e. The molecule has 1 aromatic carbocycles. The van der Waals surface area contributed by atoms with Crippen LogP contribution in [0.25, 0.3) is 22.0 Å². The molecule has 2 N–H and O–H groups in total. The number of carbonyl (C=O) groups excluding carboxylic acids is 1. The number of aromatic nitrogens is 4. The van der Waals surface area contributed by atoms with E-state index < -0.39 is 12.0 Å². The molecule has 38 heavy (non-hydrogen) atoms. The Morgan fingerprint density at radius 2 is 1.61 bits per heavy atom.